The van der Waals surface area contributed by atoms with E-state index in [0.717, 1.165) is 0 Å². The fourth-order valence-electron chi connectivity index (χ4n) is 1.29. The molecule has 0 aliphatic heterocycles. The molecule has 1 rings (SSSR count). The third kappa shape index (κ3) is 3.43. The monoisotopic (exact) mass is 303 g/mol. The summed E-state index contributed by atoms with van der Waals surface area (Å²) in [5.74, 6) is 0. The Balaban J connectivity index is 2.95. The van der Waals surface area contributed by atoms with Gasteiger partial charge in [-0.25, -0.2) is 13.1 Å². The molecule has 0 fully saturated rings. The van der Waals surface area contributed by atoms with Crippen molar-refractivity contribution in [3.63, 3.8) is 0 Å². The van der Waals surface area contributed by atoms with E-state index < -0.39 is 10.0 Å². The second kappa shape index (κ2) is 5.61. The van der Waals surface area contributed by atoms with Crippen molar-refractivity contribution >= 4 is 26.0 Å². The van der Waals surface area contributed by atoms with Gasteiger partial charge in [0.2, 0.25) is 10.0 Å². The van der Waals surface area contributed by atoms with Crippen LogP contribution in [0.5, 0.6) is 0 Å². The van der Waals surface area contributed by atoms with Gasteiger partial charge in [0, 0.05) is 10.5 Å². The van der Waals surface area contributed by atoms with Crippen molar-refractivity contribution in [2.75, 3.05) is 0 Å². The zero-order valence-corrected chi connectivity index (χ0v) is 11.4. The standard InChI is InChI=1S/C11H14BrNO2S/c1-3-6-9(2)13-16(14,15)11-8-5-4-7-10(11)12/h3-5,7-9,13H,1,6H2,2H3. The Labute approximate surface area is 105 Å². The molecule has 0 aromatic heterocycles. The lowest BCUT2D eigenvalue weighted by atomic mass is 10.3. The molecule has 1 atom stereocenters. The Bertz CT molecular complexity index is 471. The van der Waals surface area contributed by atoms with Gasteiger partial charge in [0.25, 0.3) is 0 Å². The van der Waals surface area contributed by atoms with Gasteiger partial charge in [0.1, 0.15) is 0 Å². The molecule has 1 aromatic carbocycles. The maximum atomic E-state index is 12.0. The van der Waals surface area contributed by atoms with E-state index in [9.17, 15) is 8.42 Å². The molecule has 0 bridgehead atoms. The van der Waals surface area contributed by atoms with Gasteiger partial charge in [-0.05, 0) is 41.4 Å². The summed E-state index contributed by atoms with van der Waals surface area (Å²) in [5.41, 5.74) is 0. The third-order valence-electron chi connectivity index (χ3n) is 2.00. The van der Waals surface area contributed by atoms with Crippen molar-refractivity contribution in [2.45, 2.75) is 24.3 Å². The summed E-state index contributed by atoms with van der Waals surface area (Å²) in [6.45, 7) is 5.38. The highest BCUT2D eigenvalue weighted by atomic mass is 79.9. The average Bonchev–Trinajstić information content (AvgIpc) is 2.17. The highest BCUT2D eigenvalue weighted by Gasteiger charge is 2.18. The summed E-state index contributed by atoms with van der Waals surface area (Å²) < 4.78 is 27.1. The van der Waals surface area contributed by atoms with Crippen molar-refractivity contribution in [3.05, 3.63) is 41.4 Å². The molecular formula is C11H14BrNO2S. The molecule has 1 N–H and O–H groups in total. The van der Waals surface area contributed by atoms with Crippen LogP contribution in [0.2, 0.25) is 0 Å². The smallest absolute Gasteiger partial charge is 0.208 e. The average molecular weight is 304 g/mol. The molecule has 16 heavy (non-hydrogen) atoms. The SMILES string of the molecule is C=CCC(C)NS(=O)(=O)c1ccccc1Br. The van der Waals surface area contributed by atoms with Gasteiger partial charge >= 0.3 is 0 Å². The van der Waals surface area contributed by atoms with Crippen LogP contribution in [0.25, 0.3) is 0 Å². The molecule has 3 nitrogen and oxygen atoms in total. The first kappa shape index (κ1) is 13.4. The maximum absolute atomic E-state index is 12.0. The molecular weight excluding hydrogens is 290 g/mol. The summed E-state index contributed by atoms with van der Waals surface area (Å²) in [5, 5.41) is 0. The summed E-state index contributed by atoms with van der Waals surface area (Å²) in [7, 11) is -3.46. The van der Waals surface area contributed by atoms with Crippen LogP contribution in [0, 0.1) is 0 Å². The van der Waals surface area contributed by atoms with Crippen LogP contribution >= 0.6 is 15.9 Å². The second-order valence-electron chi connectivity index (χ2n) is 3.48. The van der Waals surface area contributed by atoms with Crippen LogP contribution in [-0.2, 0) is 10.0 Å². The number of sulfonamides is 1. The number of halogens is 1. The van der Waals surface area contributed by atoms with E-state index in [1.807, 2.05) is 0 Å². The van der Waals surface area contributed by atoms with E-state index in [4.69, 9.17) is 0 Å². The molecule has 0 radical (unpaired) electrons. The molecule has 88 valence electrons. The van der Waals surface area contributed by atoms with E-state index in [1.54, 1.807) is 37.3 Å². The van der Waals surface area contributed by atoms with Crippen molar-refractivity contribution in [1.82, 2.24) is 4.72 Å². The summed E-state index contributed by atoms with van der Waals surface area (Å²) in [4.78, 5) is 0.255. The highest BCUT2D eigenvalue weighted by Crippen LogP contribution is 2.21. The molecule has 0 amide bonds. The molecule has 1 unspecified atom stereocenters. The first-order valence-corrected chi connectivity index (χ1v) is 7.12. The minimum atomic E-state index is -3.46. The molecule has 0 saturated carbocycles. The van der Waals surface area contributed by atoms with Crippen LogP contribution in [0.4, 0.5) is 0 Å². The van der Waals surface area contributed by atoms with Gasteiger partial charge < -0.3 is 0 Å². The van der Waals surface area contributed by atoms with Crippen molar-refractivity contribution in [3.8, 4) is 0 Å². The minimum absolute atomic E-state index is 0.158. The highest BCUT2D eigenvalue weighted by molar-refractivity contribution is 9.10. The van der Waals surface area contributed by atoms with Crippen LogP contribution in [0.15, 0.2) is 46.3 Å². The largest absolute Gasteiger partial charge is 0.241 e. The molecule has 0 aliphatic rings. The van der Waals surface area contributed by atoms with Gasteiger partial charge in [-0.15, -0.1) is 6.58 Å². The van der Waals surface area contributed by atoms with Gasteiger partial charge in [0.05, 0.1) is 4.90 Å². The lowest BCUT2D eigenvalue weighted by molar-refractivity contribution is 0.561. The fourth-order valence-corrected chi connectivity index (χ4v) is 3.55. The fraction of sp³-hybridized carbons (Fsp3) is 0.273. The number of hydrogen-bond donors (Lipinski definition) is 1. The number of rotatable bonds is 5. The zero-order chi connectivity index (χ0) is 12.2. The summed E-state index contributed by atoms with van der Waals surface area (Å²) in [6.07, 6.45) is 2.29. The van der Waals surface area contributed by atoms with Crippen molar-refractivity contribution < 1.29 is 8.42 Å². The predicted molar refractivity (Wildman–Crippen MR) is 68.7 cm³/mol. The normalized spacial score (nSPS) is 13.4. The molecule has 0 heterocycles. The van der Waals surface area contributed by atoms with Crippen molar-refractivity contribution in [1.29, 1.82) is 0 Å². The van der Waals surface area contributed by atoms with Gasteiger partial charge in [-0.3, -0.25) is 0 Å². The number of benzene rings is 1. The first-order valence-electron chi connectivity index (χ1n) is 4.85. The van der Waals surface area contributed by atoms with Crippen LogP contribution in [0.3, 0.4) is 0 Å². The lowest BCUT2D eigenvalue weighted by Gasteiger charge is -2.13. The van der Waals surface area contributed by atoms with Gasteiger partial charge in [-0.1, -0.05) is 18.2 Å². The molecule has 5 heteroatoms. The maximum Gasteiger partial charge on any atom is 0.241 e. The number of hydrogen-bond acceptors (Lipinski definition) is 2. The van der Waals surface area contributed by atoms with E-state index in [1.165, 1.54) is 0 Å². The van der Waals surface area contributed by atoms with Crippen LogP contribution in [-0.4, -0.2) is 14.5 Å². The topological polar surface area (TPSA) is 46.2 Å². The third-order valence-corrected chi connectivity index (χ3v) is 4.60. The Morgan fingerprint density at radius 3 is 2.69 bits per heavy atom. The van der Waals surface area contributed by atoms with E-state index in [2.05, 4.69) is 27.2 Å². The van der Waals surface area contributed by atoms with Crippen LogP contribution < -0.4 is 4.72 Å². The first-order chi connectivity index (χ1) is 7.47. The van der Waals surface area contributed by atoms with E-state index in [-0.39, 0.29) is 10.9 Å². The van der Waals surface area contributed by atoms with Gasteiger partial charge in [-0.2, -0.15) is 0 Å². The Hall–Kier alpha value is -0.650. The van der Waals surface area contributed by atoms with Crippen LogP contribution in [0.1, 0.15) is 13.3 Å². The van der Waals surface area contributed by atoms with E-state index in [0.29, 0.717) is 10.9 Å². The molecule has 1 aromatic rings. The van der Waals surface area contributed by atoms with Crippen molar-refractivity contribution in [2.24, 2.45) is 0 Å². The zero-order valence-electron chi connectivity index (χ0n) is 8.98. The summed E-state index contributed by atoms with van der Waals surface area (Å²) >= 11 is 3.22. The molecule has 0 saturated heterocycles. The minimum Gasteiger partial charge on any atom is -0.208 e. The Morgan fingerprint density at radius 1 is 1.50 bits per heavy atom. The second-order valence-corrected chi connectivity index (χ2v) is 6.01. The molecule has 0 aliphatic carbocycles. The summed E-state index contributed by atoms with van der Waals surface area (Å²) in [6, 6.07) is 6.57. The Kier molecular flexibility index (Phi) is 4.70. The predicted octanol–water partition coefficient (Wildman–Crippen LogP) is 2.69. The van der Waals surface area contributed by atoms with Gasteiger partial charge in [0.15, 0.2) is 0 Å². The quantitative estimate of drug-likeness (QED) is 0.850. The lowest BCUT2D eigenvalue weighted by Crippen LogP contribution is -2.32. The Morgan fingerprint density at radius 2 is 2.12 bits per heavy atom. The van der Waals surface area contributed by atoms with E-state index >= 15 is 0 Å². The number of nitrogens with one attached hydrogen (secondary N) is 1. The molecule has 0 spiro atoms.